The highest BCUT2D eigenvalue weighted by Gasteiger charge is 2.16. The van der Waals surface area contributed by atoms with Gasteiger partial charge in [-0.3, -0.25) is 18.8 Å². The molecule has 0 saturated carbocycles. The molecule has 2 heterocycles. The molecule has 2 aromatic heterocycles. The van der Waals surface area contributed by atoms with Gasteiger partial charge in [-0.25, -0.2) is 4.98 Å². The summed E-state index contributed by atoms with van der Waals surface area (Å²) in [5.74, 6) is -0.0116. The highest BCUT2D eigenvalue weighted by Crippen LogP contribution is 2.20. The normalized spacial score (nSPS) is 11.0. The Bertz CT molecular complexity index is 1260. The van der Waals surface area contributed by atoms with Gasteiger partial charge >= 0.3 is 0 Å². The Labute approximate surface area is 177 Å². The lowest BCUT2D eigenvalue weighted by atomic mass is 10.2. The van der Waals surface area contributed by atoms with E-state index < -0.39 is 0 Å². The largest absolute Gasteiger partial charge is 0.325 e. The zero-order chi connectivity index (χ0) is 21.1. The molecule has 30 heavy (non-hydrogen) atoms. The number of thioether (sulfide) groups is 1. The molecule has 0 aliphatic carbocycles. The third-order valence-electron chi connectivity index (χ3n) is 4.64. The molecule has 0 aliphatic rings. The molecule has 152 valence electrons. The zero-order valence-electron chi connectivity index (χ0n) is 16.7. The Hall–Kier alpha value is -3.39. The van der Waals surface area contributed by atoms with Crippen molar-refractivity contribution in [3.8, 4) is 0 Å². The molecule has 0 radical (unpaired) electrons. The maximum Gasteiger partial charge on any atom is 0.282 e. The molecule has 8 heteroatoms. The molecular formula is C22H21N5O2S. The number of carbonyl (C=O) groups is 1. The van der Waals surface area contributed by atoms with Crippen LogP contribution in [0.1, 0.15) is 11.1 Å². The second kappa shape index (κ2) is 8.54. The van der Waals surface area contributed by atoms with E-state index in [9.17, 15) is 9.59 Å². The van der Waals surface area contributed by atoms with Crippen LogP contribution in [0.3, 0.4) is 0 Å². The molecule has 2 aromatic carbocycles. The standard InChI is InChI=1S/C22H21N5O2S/c1-15-8-6-7-11-17(15)23-19(28)14-30-22-24-18-13-26(2)25-20(18)21(29)27(22)12-16-9-4-3-5-10-16/h3-11,13H,12,14H2,1-2H3,(H,23,28). The topological polar surface area (TPSA) is 81.8 Å². The van der Waals surface area contributed by atoms with Crippen molar-refractivity contribution in [3.05, 3.63) is 82.3 Å². The van der Waals surface area contributed by atoms with Gasteiger partial charge in [0.25, 0.3) is 5.56 Å². The lowest BCUT2D eigenvalue weighted by Gasteiger charge is -2.12. The lowest BCUT2D eigenvalue weighted by Crippen LogP contribution is -2.25. The minimum atomic E-state index is -0.216. The fraction of sp³-hybridized carbons (Fsp3) is 0.182. The highest BCUT2D eigenvalue weighted by atomic mass is 32.2. The summed E-state index contributed by atoms with van der Waals surface area (Å²) in [6, 6.07) is 17.3. The van der Waals surface area contributed by atoms with Gasteiger partial charge in [0.1, 0.15) is 5.52 Å². The minimum absolute atomic E-state index is 0.140. The molecule has 1 N–H and O–H groups in total. The number of aromatic nitrogens is 4. The van der Waals surface area contributed by atoms with Gasteiger partial charge in [-0.15, -0.1) is 0 Å². The van der Waals surface area contributed by atoms with Crippen LogP contribution in [0.4, 0.5) is 5.69 Å². The van der Waals surface area contributed by atoms with Gasteiger partial charge in [0.05, 0.1) is 18.5 Å². The fourth-order valence-corrected chi connectivity index (χ4v) is 3.93. The van der Waals surface area contributed by atoms with Crippen molar-refractivity contribution in [3.63, 3.8) is 0 Å². The number of nitrogens with zero attached hydrogens (tertiary/aromatic N) is 4. The quantitative estimate of drug-likeness (QED) is 0.383. The van der Waals surface area contributed by atoms with Gasteiger partial charge in [0.15, 0.2) is 10.7 Å². The second-order valence-electron chi connectivity index (χ2n) is 6.96. The first-order valence-electron chi connectivity index (χ1n) is 9.47. The van der Waals surface area contributed by atoms with E-state index in [1.54, 1.807) is 22.5 Å². The highest BCUT2D eigenvalue weighted by molar-refractivity contribution is 7.99. The van der Waals surface area contributed by atoms with E-state index in [2.05, 4.69) is 15.4 Å². The van der Waals surface area contributed by atoms with Crippen molar-refractivity contribution >= 4 is 34.4 Å². The zero-order valence-corrected chi connectivity index (χ0v) is 17.5. The first-order valence-corrected chi connectivity index (χ1v) is 10.5. The van der Waals surface area contributed by atoms with Crippen molar-refractivity contribution in [1.29, 1.82) is 0 Å². The smallest absolute Gasteiger partial charge is 0.282 e. The summed E-state index contributed by atoms with van der Waals surface area (Å²) in [5.41, 5.74) is 3.37. The van der Waals surface area contributed by atoms with Crippen LogP contribution in [-0.4, -0.2) is 31.0 Å². The molecule has 0 aliphatic heterocycles. The van der Waals surface area contributed by atoms with Crippen molar-refractivity contribution in [2.24, 2.45) is 7.05 Å². The van der Waals surface area contributed by atoms with Gasteiger partial charge in [-0.1, -0.05) is 60.3 Å². The average Bonchev–Trinajstić information content (AvgIpc) is 3.12. The Kier molecular flexibility index (Phi) is 5.67. The van der Waals surface area contributed by atoms with Crippen LogP contribution in [0.15, 0.2) is 70.7 Å². The number of fused-ring (bicyclic) bond motifs is 1. The molecule has 0 bridgehead atoms. The number of para-hydroxylation sites is 1. The maximum absolute atomic E-state index is 13.1. The molecule has 7 nitrogen and oxygen atoms in total. The number of hydrogen-bond acceptors (Lipinski definition) is 5. The number of benzene rings is 2. The van der Waals surface area contributed by atoms with E-state index >= 15 is 0 Å². The molecule has 0 unspecified atom stereocenters. The Balaban J connectivity index is 1.61. The summed E-state index contributed by atoms with van der Waals surface area (Å²) < 4.78 is 3.15. The molecule has 0 atom stereocenters. The van der Waals surface area contributed by atoms with Crippen LogP contribution >= 0.6 is 11.8 Å². The summed E-state index contributed by atoms with van der Waals surface area (Å²) >= 11 is 1.24. The molecule has 4 rings (SSSR count). The Morgan fingerprint density at radius 3 is 2.60 bits per heavy atom. The van der Waals surface area contributed by atoms with Crippen molar-refractivity contribution < 1.29 is 4.79 Å². The molecule has 0 fully saturated rings. The third-order valence-corrected chi connectivity index (χ3v) is 5.62. The van der Waals surface area contributed by atoms with Crippen LogP contribution in [0.25, 0.3) is 11.0 Å². The minimum Gasteiger partial charge on any atom is -0.325 e. The molecule has 0 saturated heterocycles. The molecule has 1 amide bonds. The van der Waals surface area contributed by atoms with E-state index in [1.165, 1.54) is 11.8 Å². The Morgan fingerprint density at radius 1 is 1.10 bits per heavy atom. The van der Waals surface area contributed by atoms with E-state index in [-0.39, 0.29) is 17.2 Å². The van der Waals surface area contributed by atoms with Crippen molar-refractivity contribution in [2.75, 3.05) is 11.1 Å². The van der Waals surface area contributed by atoms with E-state index in [1.807, 2.05) is 61.5 Å². The number of carbonyl (C=O) groups excluding carboxylic acids is 1. The number of amides is 1. The molecular weight excluding hydrogens is 398 g/mol. The third kappa shape index (κ3) is 4.28. The average molecular weight is 420 g/mol. The predicted octanol–water partition coefficient (Wildman–Crippen LogP) is 3.22. The van der Waals surface area contributed by atoms with Gasteiger partial charge in [0.2, 0.25) is 5.91 Å². The van der Waals surface area contributed by atoms with E-state index in [4.69, 9.17) is 0 Å². The first kappa shape index (κ1) is 19.9. The van der Waals surface area contributed by atoms with Crippen LogP contribution in [0, 0.1) is 6.92 Å². The van der Waals surface area contributed by atoms with Gasteiger partial charge in [-0.05, 0) is 24.1 Å². The molecule has 4 aromatic rings. The monoisotopic (exact) mass is 419 g/mol. The molecule has 0 spiro atoms. The van der Waals surface area contributed by atoms with Crippen LogP contribution < -0.4 is 10.9 Å². The summed E-state index contributed by atoms with van der Waals surface area (Å²) in [5, 5.41) is 7.65. The first-order chi connectivity index (χ1) is 14.5. The summed E-state index contributed by atoms with van der Waals surface area (Å²) in [7, 11) is 1.76. The van der Waals surface area contributed by atoms with Crippen LogP contribution in [0.2, 0.25) is 0 Å². The Morgan fingerprint density at radius 2 is 1.83 bits per heavy atom. The van der Waals surface area contributed by atoms with E-state index in [0.717, 1.165) is 16.8 Å². The number of anilines is 1. The fourth-order valence-electron chi connectivity index (χ4n) is 3.13. The second-order valence-corrected chi connectivity index (χ2v) is 7.90. The van der Waals surface area contributed by atoms with E-state index in [0.29, 0.717) is 22.7 Å². The number of hydrogen-bond donors (Lipinski definition) is 1. The number of rotatable bonds is 6. The van der Waals surface area contributed by atoms with Gasteiger partial charge in [0, 0.05) is 12.7 Å². The van der Waals surface area contributed by atoms with Gasteiger partial charge < -0.3 is 5.32 Å². The number of aryl methyl sites for hydroxylation is 2. The van der Waals surface area contributed by atoms with Crippen molar-refractivity contribution in [1.82, 2.24) is 19.3 Å². The number of nitrogens with one attached hydrogen (secondary N) is 1. The van der Waals surface area contributed by atoms with Crippen molar-refractivity contribution in [2.45, 2.75) is 18.6 Å². The van der Waals surface area contributed by atoms with Crippen LogP contribution in [-0.2, 0) is 18.4 Å². The predicted molar refractivity (Wildman–Crippen MR) is 119 cm³/mol. The summed E-state index contributed by atoms with van der Waals surface area (Å²) in [4.78, 5) is 30.2. The SMILES string of the molecule is Cc1ccccc1NC(=O)CSc1nc2cn(C)nc2c(=O)n1Cc1ccccc1. The van der Waals surface area contributed by atoms with Crippen LogP contribution in [0.5, 0.6) is 0 Å². The van der Waals surface area contributed by atoms with Gasteiger partial charge in [-0.2, -0.15) is 5.10 Å². The maximum atomic E-state index is 13.1. The lowest BCUT2D eigenvalue weighted by molar-refractivity contribution is -0.113. The summed E-state index contributed by atoms with van der Waals surface area (Å²) in [6.45, 7) is 2.30. The summed E-state index contributed by atoms with van der Waals surface area (Å²) in [6.07, 6.45) is 1.71.